The zero-order chi connectivity index (χ0) is 16.4. The summed E-state index contributed by atoms with van der Waals surface area (Å²) < 4.78 is 2.14. The van der Waals surface area contributed by atoms with Crippen molar-refractivity contribution in [1.82, 2.24) is 20.0 Å². The van der Waals surface area contributed by atoms with Gasteiger partial charge in [-0.3, -0.25) is 14.4 Å². The normalized spacial score (nSPS) is 22.8. The molecule has 1 amide bonds. The molecule has 0 spiro atoms. The Hall–Kier alpha value is -1.36. The summed E-state index contributed by atoms with van der Waals surface area (Å²) in [6, 6.07) is 2.19. The largest absolute Gasteiger partial charge is 0.350 e. The number of hydrogen-bond donors (Lipinski definition) is 1. The highest BCUT2D eigenvalue weighted by atomic mass is 16.1. The van der Waals surface area contributed by atoms with Crippen molar-refractivity contribution in [2.45, 2.75) is 71.0 Å². The molecular formula is C19H30N4O. The van der Waals surface area contributed by atoms with Gasteiger partial charge in [0.2, 0.25) is 5.91 Å². The van der Waals surface area contributed by atoms with Crippen LogP contribution in [-0.2, 0) is 24.4 Å². The molecule has 0 aromatic carbocycles. The molecule has 2 fully saturated rings. The predicted molar refractivity (Wildman–Crippen MR) is 93.3 cm³/mol. The zero-order valence-electron chi connectivity index (χ0n) is 14.7. The topological polar surface area (TPSA) is 50.2 Å². The fourth-order valence-corrected chi connectivity index (χ4v) is 4.35. The molecule has 0 radical (unpaired) electrons. The highest BCUT2D eigenvalue weighted by Gasteiger charge is 2.26. The lowest BCUT2D eigenvalue weighted by Crippen LogP contribution is -2.37. The summed E-state index contributed by atoms with van der Waals surface area (Å²) in [7, 11) is 0. The minimum atomic E-state index is 0.214. The van der Waals surface area contributed by atoms with Crippen LogP contribution in [0.3, 0.4) is 0 Å². The smallest absolute Gasteiger partial charge is 0.223 e. The lowest BCUT2D eigenvalue weighted by atomic mass is 9.85. The first-order valence-electron chi connectivity index (χ1n) is 9.83. The zero-order valence-corrected chi connectivity index (χ0v) is 14.7. The minimum Gasteiger partial charge on any atom is -0.350 e. The average Bonchev–Trinajstić information content (AvgIpc) is 2.94. The number of aromatic nitrogens is 2. The molecule has 0 unspecified atom stereocenters. The molecule has 1 aromatic heterocycles. The van der Waals surface area contributed by atoms with Crippen LogP contribution in [0.5, 0.6) is 0 Å². The monoisotopic (exact) mass is 330 g/mol. The lowest BCUT2D eigenvalue weighted by molar-refractivity contribution is -0.127. The van der Waals surface area contributed by atoms with Crippen molar-refractivity contribution in [2.75, 3.05) is 13.1 Å². The molecule has 1 aliphatic heterocycles. The fraction of sp³-hybridized carbons (Fsp3) is 0.789. The number of rotatable bonds is 5. The van der Waals surface area contributed by atoms with Crippen molar-refractivity contribution < 1.29 is 4.79 Å². The molecule has 0 bridgehead atoms. The van der Waals surface area contributed by atoms with Crippen LogP contribution >= 0.6 is 0 Å². The van der Waals surface area contributed by atoms with E-state index in [1.807, 2.05) is 0 Å². The maximum Gasteiger partial charge on any atom is 0.223 e. The Morgan fingerprint density at radius 2 is 1.96 bits per heavy atom. The standard InChI is InChI=1S/C19H30N4O/c24-19(16-7-4-8-16)20-12-17-11-18-14-22(9-10-23(18)21-17)13-15-5-2-1-3-6-15/h11,15-16H,1-10,12-14H2,(H,20,24). The molecule has 132 valence electrons. The van der Waals surface area contributed by atoms with E-state index in [1.165, 1.54) is 50.8 Å². The van der Waals surface area contributed by atoms with Crippen LogP contribution in [0.15, 0.2) is 6.07 Å². The van der Waals surface area contributed by atoms with Crippen LogP contribution in [0.25, 0.3) is 0 Å². The van der Waals surface area contributed by atoms with Crippen LogP contribution in [0.2, 0.25) is 0 Å². The highest BCUT2D eigenvalue weighted by Crippen LogP contribution is 2.27. The van der Waals surface area contributed by atoms with Gasteiger partial charge in [0.05, 0.1) is 24.5 Å². The first kappa shape index (κ1) is 16.1. The number of fused-ring (bicyclic) bond motifs is 1. The maximum absolute atomic E-state index is 12.0. The van der Waals surface area contributed by atoms with Crippen LogP contribution in [0.4, 0.5) is 0 Å². The summed E-state index contributed by atoms with van der Waals surface area (Å²) in [5.74, 6) is 1.37. The number of carbonyl (C=O) groups is 1. The molecule has 0 saturated heterocycles. The van der Waals surface area contributed by atoms with Gasteiger partial charge < -0.3 is 5.32 Å². The van der Waals surface area contributed by atoms with Crippen LogP contribution < -0.4 is 5.32 Å². The van der Waals surface area contributed by atoms with E-state index in [0.29, 0.717) is 6.54 Å². The van der Waals surface area contributed by atoms with Gasteiger partial charge in [0, 0.05) is 25.6 Å². The number of nitrogens with zero attached hydrogens (tertiary/aromatic N) is 3. The summed E-state index contributed by atoms with van der Waals surface area (Å²) in [4.78, 5) is 14.6. The van der Waals surface area contributed by atoms with Gasteiger partial charge in [-0.15, -0.1) is 0 Å². The number of hydrogen-bond acceptors (Lipinski definition) is 3. The summed E-state index contributed by atoms with van der Waals surface area (Å²) in [6.07, 6.45) is 10.4. The van der Waals surface area contributed by atoms with E-state index in [1.54, 1.807) is 0 Å². The highest BCUT2D eigenvalue weighted by molar-refractivity contribution is 5.79. The van der Waals surface area contributed by atoms with E-state index < -0.39 is 0 Å². The van der Waals surface area contributed by atoms with Crippen molar-refractivity contribution in [3.8, 4) is 0 Å². The molecule has 1 N–H and O–H groups in total. The van der Waals surface area contributed by atoms with Gasteiger partial charge in [0.1, 0.15) is 0 Å². The van der Waals surface area contributed by atoms with Crippen LogP contribution in [0, 0.1) is 11.8 Å². The van der Waals surface area contributed by atoms with Crippen molar-refractivity contribution in [1.29, 1.82) is 0 Å². The molecule has 5 nitrogen and oxygen atoms in total. The molecule has 5 heteroatoms. The Bertz CT molecular complexity index is 572. The molecule has 4 rings (SSSR count). The van der Waals surface area contributed by atoms with Gasteiger partial charge in [0.15, 0.2) is 0 Å². The van der Waals surface area contributed by atoms with Gasteiger partial charge in [-0.25, -0.2) is 0 Å². The Morgan fingerprint density at radius 1 is 1.12 bits per heavy atom. The summed E-state index contributed by atoms with van der Waals surface area (Å²) in [5.41, 5.74) is 2.32. The molecule has 1 aromatic rings. The van der Waals surface area contributed by atoms with Crippen molar-refractivity contribution in [2.24, 2.45) is 11.8 Å². The third-order valence-electron chi connectivity index (χ3n) is 6.09. The number of carbonyl (C=O) groups excluding carboxylic acids is 1. The summed E-state index contributed by atoms with van der Waals surface area (Å²) >= 11 is 0. The van der Waals surface area contributed by atoms with Gasteiger partial charge in [-0.1, -0.05) is 25.7 Å². The van der Waals surface area contributed by atoms with Gasteiger partial charge in [0.25, 0.3) is 0 Å². The Labute approximate surface area is 144 Å². The molecule has 2 saturated carbocycles. The molecule has 24 heavy (non-hydrogen) atoms. The van der Waals surface area contributed by atoms with Crippen molar-refractivity contribution in [3.05, 3.63) is 17.5 Å². The third-order valence-corrected chi connectivity index (χ3v) is 6.09. The Balaban J connectivity index is 1.29. The molecule has 2 heterocycles. The predicted octanol–water partition coefficient (Wildman–Crippen LogP) is 2.70. The number of amides is 1. The Morgan fingerprint density at radius 3 is 2.71 bits per heavy atom. The van der Waals surface area contributed by atoms with Crippen molar-refractivity contribution in [3.63, 3.8) is 0 Å². The molecule has 3 aliphatic rings. The second-order valence-electron chi connectivity index (χ2n) is 7.93. The lowest BCUT2D eigenvalue weighted by Gasteiger charge is -2.32. The Kier molecular flexibility index (Phi) is 4.88. The van der Waals surface area contributed by atoms with E-state index >= 15 is 0 Å². The van der Waals surface area contributed by atoms with Gasteiger partial charge in [-0.2, -0.15) is 5.10 Å². The maximum atomic E-state index is 12.0. The number of nitrogens with one attached hydrogen (secondary N) is 1. The summed E-state index contributed by atoms with van der Waals surface area (Å²) in [5, 5.41) is 7.74. The van der Waals surface area contributed by atoms with Gasteiger partial charge >= 0.3 is 0 Å². The van der Waals surface area contributed by atoms with Crippen LogP contribution in [0.1, 0.15) is 62.8 Å². The van der Waals surface area contributed by atoms with Crippen molar-refractivity contribution >= 4 is 5.91 Å². The van der Waals surface area contributed by atoms with Crippen LogP contribution in [-0.4, -0.2) is 33.7 Å². The van der Waals surface area contributed by atoms with E-state index in [-0.39, 0.29) is 11.8 Å². The summed E-state index contributed by atoms with van der Waals surface area (Å²) in [6.45, 7) is 4.94. The average molecular weight is 330 g/mol. The fourth-order valence-electron chi connectivity index (χ4n) is 4.35. The second-order valence-corrected chi connectivity index (χ2v) is 7.93. The molecule has 0 atom stereocenters. The van der Waals surface area contributed by atoms with E-state index in [4.69, 9.17) is 0 Å². The first-order valence-corrected chi connectivity index (χ1v) is 9.83. The third kappa shape index (κ3) is 3.66. The van der Waals surface area contributed by atoms with E-state index in [0.717, 1.165) is 44.1 Å². The second kappa shape index (κ2) is 7.26. The SMILES string of the molecule is O=C(NCc1cc2n(n1)CCN(CC1CCCCC1)C2)C1CCC1. The van der Waals surface area contributed by atoms with E-state index in [2.05, 4.69) is 26.1 Å². The minimum absolute atomic E-state index is 0.214. The molecule has 2 aliphatic carbocycles. The first-order chi connectivity index (χ1) is 11.8. The van der Waals surface area contributed by atoms with E-state index in [9.17, 15) is 4.79 Å². The molecular weight excluding hydrogens is 300 g/mol. The van der Waals surface area contributed by atoms with Gasteiger partial charge in [-0.05, 0) is 37.7 Å². The quantitative estimate of drug-likeness (QED) is 0.903.